The van der Waals surface area contributed by atoms with Crippen LogP contribution in [0, 0.1) is 0 Å². The lowest BCUT2D eigenvalue weighted by molar-refractivity contribution is -0.115. The number of carbonyl (C=O) groups is 1. The molecule has 9 heavy (non-hydrogen) atoms. The van der Waals surface area contributed by atoms with Crippen molar-refractivity contribution in [3.63, 3.8) is 0 Å². The highest BCUT2D eigenvalue weighted by molar-refractivity contribution is 8.18. The Morgan fingerprint density at radius 1 is 1.44 bits per heavy atom. The van der Waals surface area contributed by atoms with Crippen molar-refractivity contribution >= 4 is 15.0 Å². The number of rotatable bonds is 2. The number of primary amides is 1. The van der Waals surface area contributed by atoms with Gasteiger partial charge < -0.3 is 5.73 Å². The van der Waals surface area contributed by atoms with E-state index in [0.717, 1.165) is 0 Å². The molecule has 0 atom stereocenters. The summed E-state index contributed by atoms with van der Waals surface area (Å²) >= 11 is 0. The Morgan fingerprint density at radius 2 is 1.78 bits per heavy atom. The smallest absolute Gasteiger partial charge is 0.228 e. The van der Waals surface area contributed by atoms with Crippen molar-refractivity contribution in [2.75, 3.05) is 24.5 Å². The van der Waals surface area contributed by atoms with Gasteiger partial charge in [-0.05, 0) is 18.8 Å². The van der Waals surface area contributed by atoms with Gasteiger partial charge in [0.2, 0.25) is 5.91 Å². The molecule has 2 N–H and O–H groups in total. The van der Waals surface area contributed by atoms with Crippen LogP contribution in [0.25, 0.3) is 0 Å². The maximum Gasteiger partial charge on any atom is 0.228 e. The first-order valence-corrected chi connectivity index (χ1v) is 5.89. The topological polar surface area (TPSA) is 60.2 Å². The Kier molecular flexibility index (Phi) is 1.72. The highest BCUT2D eigenvalue weighted by Gasteiger charge is 2.20. The lowest BCUT2D eigenvalue weighted by atomic mass is 10.8. The van der Waals surface area contributed by atoms with E-state index in [1.54, 1.807) is 18.8 Å². The Balaban J connectivity index is 4.24. The highest BCUT2D eigenvalue weighted by atomic mass is 32.3. The zero-order valence-corrected chi connectivity index (χ0v) is 6.83. The zero-order chi connectivity index (χ0) is 7.73. The van der Waals surface area contributed by atoms with E-state index in [4.69, 9.17) is 5.73 Å². The Bertz CT molecular complexity index is 180. The van der Waals surface area contributed by atoms with Gasteiger partial charge in [-0.3, -0.25) is 9.00 Å². The first-order chi connectivity index (χ1) is 3.67. The van der Waals surface area contributed by atoms with Crippen LogP contribution >= 0.6 is 0 Å². The molecule has 0 fully saturated rings. The summed E-state index contributed by atoms with van der Waals surface area (Å²) in [6.07, 6.45) is 4.67. The van der Waals surface area contributed by atoms with E-state index < -0.39 is 15.0 Å². The second-order valence-corrected chi connectivity index (χ2v) is 9.03. The van der Waals surface area contributed by atoms with Crippen LogP contribution in [0.4, 0.5) is 0 Å². The molecule has 0 aliphatic rings. The molecule has 3 nitrogen and oxygen atoms in total. The predicted molar refractivity (Wildman–Crippen MR) is 40.0 cm³/mol. The van der Waals surface area contributed by atoms with Crippen LogP contribution in [-0.4, -0.2) is 34.6 Å². The summed E-state index contributed by atoms with van der Waals surface area (Å²) in [5.41, 5.74) is 4.85. The third-order valence-corrected chi connectivity index (χ3v) is 1.90. The van der Waals surface area contributed by atoms with Gasteiger partial charge in [0.15, 0.2) is 0 Å². The van der Waals surface area contributed by atoms with Gasteiger partial charge in [0.05, 0.1) is 5.75 Å². The summed E-state index contributed by atoms with van der Waals surface area (Å²) in [6.45, 7) is 0. The minimum atomic E-state index is -2.67. The molecule has 56 valence electrons. The molecular weight excluding hydrogens is 138 g/mol. The molecule has 0 aliphatic heterocycles. The summed E-state index contributed by atoms with van der Waals surface area (Å²) in [5.74, 6) is -0.517. The van der Waals surface area contributed by atoms with Crippen molar-refractivity contribution in [2.45, 2.75) is 0 Å². The van der Waals surface area contributed by atoms with Crippen molar-refractivity contribution < 1.29 is 9.00 Å². The molecule has 0 spiro atoms. The van der Waals surface area contributed by atoms with E-state index in [0.29, 0.717) is 0 Å². The highest BCUT2D eigenvalue weighted by Crippen LogP contribution is 2.09. The van der Waals surface area contributed by atoms with Crippen LogP contribution in [0.2, 0.25) is 0 Å². The van der Waals surface area contributed by atoms with Crippen LogP contribution in [0.1, 0.15) is 0 Å². The molecular formula is C5H13NO2S. The van der Waals surface area contributed by atoms with Gasteiger partial charge in [-0.15, -0.1) is 0 Å². The van der Waals surface area contributed by atoms with Crippen LogP contribution in [0.5, 0.6) is 0 Å². The monoisotopic (exact) mass is 151 g/mol. The van der Waals surface area contributed by atoms with Gasteiger partial charge in [-0.1, -0.05) is 9.07 Å². The molecule has 0 saturated carbocycles. The van der Waals surface area contributed by atoms with Gasteiger partial charge in [0.1, 0.15) is 0 Å². The fourth-order valence-electron chi connectivity index (χ4n) is 0.485. The number of nitrogens with two attached hydrogens (primary N) is 1. The normalized spacial score (nSPS) is 16.1. The molecule has 0 radical (unpaired) electrons. The number of hydrogen-bond donors (Lipinski definition) is 1. The van der Waals surface area contributed by atoms with Crippen molar-refractivity contribution in [2.24, 2.45) is 5.73 Å². The van der Waals surface area contributed by atoms with E-state index in [-0.39, 0.29) is 5.75 Å². The van der Waals surface area contributed by atoms with E-state index in [1.807, 2.05) is 0 Å². The molecule has 0 unspecified atom stereocenters. The van der Waals surface area contributed by atoms with Gasteiger partial charge in [-0.25, -0.2) is 0 Å². The maximum absolute atomic E-state index is 11.3. The minimum Gasteiger partial charge on any atom is -0.369 e. The molecule has 0 aliphatic carbocycles. The van der Waals surface area contributed by atoms with E-state index in [1.165, 1.54) is 0 Å². The summed E-state index contributed by atoms with van der Waals surface area (Å²) < 4.78 is 11.3. The number of hydrogen-bond acceptors (Lipinski definition) is 2. The Labute approximate surface area is 55.0 Å². The molecule has 0 rings (SSSR count). The zero-order valence-electron chi connectivity index (χ0n) is 6.01. The van der Waals surface area contributed by atoms with Gasteiger partial charge in [0, 0.05) is 0 Å². The molecule has 0 aromatic carbocycles. The third kappa shape index (κ3) is 7.62. The first-order valence-electron chi connectivity index (χ1n) is 2.53. The van der Waals surface area contributed by atoms with E-state index in [9.17, 15) is 9.00 Å². The Hall–Kier alpha value is -0.380. The Morgan fingerprint density at radius 3 is 1.78 bits per heavy atom. The van der Waals surface area contributed by atoms with Crippen LogP contribution < -0.4 is 5.73 Å². The number of carbonyl (C=O) groups excluding carboxylic acids is 1. The van der Waals surface area contributed by atoms with Crippen molar-refractivity contribution in [3.05, 3.63) is 0 Å². The predicted octanol–water partition coefficient (Wildman–Crippen LogP) is -0.819. The van der Waals surface area contributed by atoms with Crippen molar-refractivity contribution in [1.82, 2.24) is 0 Å². The molecule has 0 bridgehead atoms. The lowest BCUT2D eigenvalue weighted by Gasteiger charge is -2.25. The second kappa shape index (κ2) is 1.80. The van der Waals surface area contributed by atoms with Crippen molar-refractivity contribution in [1.29, 1.82) is 0 Å². The first kappa shape index (κ1) is 8.62. The quantitative estimate of drug-likeness (QED) is 0.560. The fraction of sp³-hybridized carbons (Fsp3) is 0.800. The van der Waals surface area contributed by atoms with Gasteiger partial charge in [-0.2, -0.15) is 0 Å². The maximum atomic E-state index is 11.3. The van der Waals surface area contributed by atoms with E-state index >= 15 is 0 Å². The van der Waals surface area contributed by atoms with Gasteiger partial charge in [0.25, 0.3) is 0 Å². The average Bonchev–Trinajstić information content (AvgIpc) is 1.16. The SMILES string of the molecule is CS(C)(C)(=O)CC(N)=O. The molecule has 1 amide bonds. The van der Waals surface area contributed by atoms with Crippen LogP contribution in [0.15, 0.2) is 0 Å². The third-order valence-electron chi connectivity index (χ3n) is 0.634. The van der Waals surface area contributed by atoms with E-state index in [2.05, 4.69) is 0 Å². The fourth-order valence-corrected chi connectivity index (χ4v) is 1.45. The van der Waals surface area contributed by atoms with Gasteiger partial charge >= 0.3 is 0 Å². The molecule has 0 heterocycles. The molecule has 0 aromatic heterocycles. The summed E-state index contributed by atoms with van der Waals surface area (Å²) in [4.78, 5) is 10.3. The van der Waals surface area contributed by atoms with Crippen LogP contribution in [-0.2, 0) is 13.9 Å². The summed E-state index contributed by atoms with van der Waals surface area (Å²) in [7, 11) is -2.67. The summed E-state index contributed by atoms with van der Waals surface area (Å²) in [6, 6.07) is 0. The molecule has 4 heteroatoms. The number of amides is 1. The molecule has 0 aromatic rings. The second-order valence-electron chi connectivity index (χ2n) is 3.32. The summed E-state index contributed by atoms with van der Waals surface area (Å²) in [5, 5.41) is 0. The van der Waals surface area contributed by atoms with Crippen LogP contribution in [0.3, 0.4) is 0 Å². The molecule has 0 saturated heterocycles. The lowest BCUT2D eigenvalue weighted by Crippen LogP contribution is -2.38. The van der Waals surface area contributed by atoms with Crippen molar-refractivity contribution in [3.8, 4) is 0 Å². The standard InChI is InChI=1S/C5H13NO2S/c1-9(2,3,8)4-5(6)7/h4H2,1-3H3,(H2,6,7). The largest absolute Gasteiger partial charge is 0.369 e. The average molecular weight is 151 g/mol. The minimum absolute atomic E-state index is 0.0167.